The van der Waals surface area contributed by atoms with E-state index in [1.165, 1.54) is 21.9 Å². The van der Waals surface area contributed by atoms with Gasteiger partial charge in [0.2, 0.25) is 0 Å². The van der Waals surface area contributed by atoms with E-state index in [0.717, 1.165) is 28.2 Å². The van der Waals surface area contributed by atoms with Crippen molar-refractivity contribution in [2.45, 2.75) is 33.1 Å². The fourth-order valence-electron chi connectivity index (χ4n) is 4.66. The van der Waals surface area contributed by atoms with E-state index in [4.69, 9.17) is 0 Å². The van der Waals surface area contributed by atoms with E-state index in [0.29, 0.717) is 0 Å². The Balaban J connectivity index is 1.57. The molecule has 0 aliphatic heterocycles. The molecule has 5 aromatic rings. The van der Waals surface area contributed by atoms with Crippen LogP contribution < -0.4 is 4.90 Å². The minimum Gasteiger partial charge on any atom is -0.478 e. The number of fused-ring (bicyclic) bond motifs is 1. The summed E-state index contributed by atoms with van der Waals surface area (Å²) in [5.41, 5.74) is 8.19. The summed E-state index contributed by atoms with van der Waals surface area (Å²) in [6, 6.07) is 37.4. The molecule has 0 saturated carbocycles. The number of nitrogens with zero attached hydrogens (tertiary/aromatic N) is 1. The van der Waals surface area contributed by atoms with Gasteiger partial charge in [-0.1, -0.05) is 87.0 Å². The van der Waals surface area contributed by atoms with Gasteiger partial charge in [-0.3, -0.25) is 0 Å². The Morgan fingerprint density at radius 3 is 1.68 bits per heavy atom. The number of hydrogen-bond acceptors (Lipinski definition) is 2. The number of hydrogen-bond donors (Lipinski definition) is 1. The van der Waals surface area contributed by atoms with Crippen molar-refractivity contribution >= 4 is 33.8 Å². The fourth-order valence-corrected chi connectivity index (χ4v) is 4.66. The first-order valence-electron chi connectivity index (χ1n) is 12.5. The molecule has 0 spiro atoms. The predicted molar refractivity (Wildman–Crippen MR) is 154 cm³/mol. The van der Waals surface area contributed by atoms with Crippen LogP contribution in [0.3, 0.4) is 0 Å². The van der Waals surface area contributed by atoms with E-state index in [1.54, 1.807) is 12.1 Å². The summed E-state index contributed by atoms with van der Waals surface area (Å²) in [5, 5.41) is 11.6. The molecule has 3 heteroatoms. The van der Waals surface area contributed by atoms with Crippen LogP contribution in [0.15, 0.2) is 109 Å². The van der Waals surface area contributed by atoms with Gasteiger partial charge < -0.3 is 10.0 Å². The zero-order chi connectivity index (χ0) is 26.2. The molecule has 1 N–H and O–H groups in total. The zero-order valence-corrected chi connectivity index (χ0v) is 21.7. The van der Waals surface area contributed by atoms with Crippen molar-refractivity contribution in [3.63, 3.8) is 0 Å². The van der Waals surface area contributed by atoms with Gasteiger partial charge in [0.05, 0.1) is 5.56 Å². The molecule has 0 fully saturated rings. The van der Waals surface area contributed by atoms with Crippen LogP contribution >= 0.6 is 0 Å². The van der Waals surface area contributed by atoms with Gasteiger partial charge in [-0.05, 0) is 88.3 Å². The maximum Gasteiger partial charge on any atom is 0.335 e. The van der Waals surface area contributed by atoms with E-state index < -0.39 is 5.97 Å². The Morgan fingerprint density at radius 2 is 1.11 bits per heavy atom. The van der Waals surface area contributed by atoms with Gasteiger partial charge in [-0.25, -0.2) is 4.79 Å². The van der Waals surface area contributed by atoms with Gasteiger partial charge in [0.25, 0.3) is 0 Å². The molecule has 0 bridgehead atoms. The van der Waals surface area contributed by atoms with E-state index in [2.05, 4.69) is 118 Å². The van der Waals surface area contributed by atoms with Crippen LogP contribution in [0, 0.1) is 6.92 Å². The molecule has 37 heavy (non-hydrogen) atoms. The van der Waals surface area contributed by atoms with Crippen LogP contribution in [-0.4, -0.2) is 11.1 Å². The molecule has 0 atom stereocenters. The minimum atomic E-state index is -0.916. The van der Waals surface area contributed by atoms with E-state index in [-0.39, 0.29) is 11.0 Å². The van der Waals surface area contributed by atoms with Crippen molar-refractivity contribution in [3.05, 3.63) is 126 Å². The third kappa shape index (κ3) is 5.12. The Labute approximate surface area is 218 Å². The van der Waals surface area contributed by atoms with E-state index >= 15 is 0 Å². The largest absolute Gasteiger partial charge is 0.478 e. The Kier molecular flexibility index (Phi) is 6.31. The third-order valence-electron chi connectivity index (χ3n) is 6.82. The molecular formula is C34H31NO2. The molecule has 0 aliphatic carbocycles. The highest BCUT2D eigenvalue weighted by Gasteiger charge is 2.17. The lowest BCUT2D eigenvalue weighted by atomic mass is 9.87. The number of rotatable bonds is 5. The number of aromatic carboxylic acids is 1. The van der Waals surface area contributed by atoms with Gasteiger partial charge in [-0.2, -0.15) is 0 Å². The highest BCUT2D eigenvalue weighted by atomic mass is 16.4. The van der Waals surface area contributed by atoms with Gasteiger partial charge in [0.15, 0.2) is 0 Å². The molecule has 0 aliphatic rings. The molecule has 5 rings (SSSR count). The summed E-state index contributed by atoms with van der Waals surface area (Å²) in [7, 11) is 0. The maximum absolute atomic E-state index is 11.2. The lowest BCUT2D eigenvalue weighted by Gasteiger charge is -2.27. The smallest absolute Gasteiger partial charge is 0.335 e. The van der Waals surface area contributed by atoms with Crippen molar-refractivity contribution in [1.29, 1.82) is 0 Å². The number of carboxylic acid groups (broad SMARTS) is 1. The first kappa shape index (κ1) is 24.3. The van der Waals surface area contributed by atoms with Crippen molar-refractivity contribution in [1.82, 2.24) is 0 Å². The van der Waals surface area contributed by atoms with Crippen LogP contribution in [0.25, 0.3) is 21.9 Å². The minimum absolute atomic E-state index is 0.0853. The van der Waals surface area contributed by atoms with Crippen molar-refractivity contribution in [2.75, 3.05) is 4.90 Å². The van der Waals surface area contributed by atoms with Crippen molar-refractivity contribution in [2.24, 2.45) is 0 Å². The Morgan fingerprint density at radius 1 is 0.622 bits per heavy atom. The molecular weight excluding hydrogens is 454 g/mol. The van der Waals surface area contributed by atoms with Gasteiger partial charge in [-0.15, -0.1) is 0 Å². The fraction of sp³-hybridized carbons (Fsp3) is 0.147. The standard InChI is InChI=1S/C34H31NO2/c1-23-5-6-28-22-32(18-13-27(28)21-23)35(31-19-14-29(15-20-31)34(2,3)4)30-16-11-25(12-17-30)24-7-9-26(10-8-24)33(36)37/h5-22H,1-4H3,(H,36,37). The second-order valence-electron chi connectivity index (χ2n) is 10.6. The SMILES string of the molecule is Cc1ccc2cc(N(c3ccc(-c4ccc(C(=O)O)cc4)cc3)c3ccc(C(C)(C)C)cc3)ccc2c1. The van der Waals surface area contributed by atoms with Crippen LogP contribution in [0.4, 0.5) is 17.1 Å². The zero-order valence-electron chi connectivity index (χ0n) is 21.7. The molecule has 3 nitrogen and oxygen atoms in total. The number of benzene rings is 5. The lowest BCUT2D eigenvalue weighted by Crippen LogP contribution is -2.13. The quantitative estimate of drug-likeness (QED) is 0.270. The number of aryl methyl sites for hydroxylation is 1. The summed E-state index contributed by atoms with van der Waals surface area (Å²) < 4.78 is 0. The summed E-state index contributed by atoms with van der Waals surface area (Å²) >= 11 is 0. The molecule has 0 radical (unpaired) electrons. The van der Waals surface area contributed by atoms with Crippen molar-refractivity contribution < 1.29 is 9.90 Å². The summed E-state index contributed by atoms with van der Waals surface area (Å²) in [6.07, 6.45) is 0. The second kappa shape index (κ2) is 9.59. The first-order valence-corrected chi connectivity index (χ1v) is 12.5. The van der Waals surface area contributed by atoms with Crippen LogP contribution in [-0.2, 0) is 5.41 Å². The molecule has 0 unspecified atom stereocenters. The van der Waals surface area contributed by atoms with Gasteiger partial charge >= 0.3 is 5.97 Å². The molecule has 0 saturated heterocycles. The average molecular weight is 486 g/mol. The van der Waals surface area contributed by atoms with Crippen LogP contribution in [0.1, 0.15) is 42.3 Å². The van der Waals surface area contributed by atoms with Crippen molar-refractivity contribution in [3.8, 4) is 11.1 Å². The average Bonchev–Trinajstić information content (AvgIpc) is 2.89. The number of anilines is 3. The van der Waals surface area contributed by atoms with E-state index in [1.807, 2.05) is 12.1 Å². The van der Waals surface area contributed by atoms with Crippen LogP contribution in [0.2, 0.25) is 0 Å². The van der Waals surface area contributed by atoms with Gasteiger partial charge in [0, 0.05) is 17.1 Å². The summed E-state index contributed by atoms with van der Waals surface area (Å²) in [4.78, 5) is 13.5. The normalized spacial score (nSPS) is 11.5. The predicted octanol–water partition coefficient (Wildman–Crippen LogP) is 9.28. The topological polar surface area (TPSA) is 40.5 Å². The molecule has 5 aromatic carbocycles. The molecule has 0 amide bonds. The maximum atomic E-state index is 11.2. The third-order valence-corrected chi connectivity index (χ3v) is 6.82. The second-order valence-corrected chi connectivity index (χ2v) is 10.6. The first-order chi connectivity index (χ1) is 17.7. The number of carbonyl (C=O) groups is 1. The molecule has 0 aromatic heterocycles. The number of carboxylic acids is 1. The highest BCUT2D eigenvalue weighted by molar-refractivity contribution is 5.90. The van der Waals surface area contributed by atoms with E-state index in [9.17, 15) is 9.90 Å². The Bertz CT molecular complexity index is 1560. The lowest BCUT2D eigenvalue weighted by molar-refractivity contribution is 0.0697. The van der Waals surface area contributed by atoms with Crippen LogP contribution in [0.5, 0.6) is 0 Å². The molecule has 0 heterocycles. The Hall–Kier alpha value is -4.37. The van der Waals surface area contributed by atoms with Gasteiger partial charge in [0.1, 0.15) is 0 Å². The monoisotopic (exact) mass is 485 g/mol. The summed E-state index contributed by atoms with van der Waals surface area (Å²) in [6.45, 7) is 8.81. The molecule has 184 valence electrons. The summed E-state index contributed by atoms with van der Waals surface area (Å²) in [5.74, 6) is -0.916. The highest BCUT2D eigenvalue weighted by Crippen LogP contribution is 2.38.